The molecule has 0 radical (unpaired) electrons. The van der Waals surface area contributed by atoms with Crippen LogP contribution in [-0.4, -0.2) is 21.0 Å². The first kappa shape index (κ1) is 17.0. The number of anilines is 4. The van der Waals surface area contributed by atoms with Crippen LogP contribution in [-0.2, 0) is 0 Å². The van der Waals surface area contributed by atoms with Crippen LogP contribution in [0.4, 0.5) is 23.1 Å². The lowest BCUT2D eigenvalue weighted by Crippen LogP contribution is -2.03. The summed E-state index contributed by atoms with van der Waals surface area (Å²) < 4.78 is 0.940. The molecule has 0 spiro atoms. The van der Waals surface area contributed by atoms with Gasteiger partial charge in [-0.3, -0.25) is 4.79 Å². The molecule has 0 saturated heterocycles. The first-order valence-corrected chi connectivity index (χ1v) is 8.41. The molecule has 1 heterocycles. The molecule has 25 heavy (non-hydrogen) atoms. The van der Waals surface area contributed by atoms with E-state index in [4.69, 9.17) is 0 Å². The Morgan fingerprint density at radius 2 is 1.96 bits per heavy atom. The van der Waals surface area contributed by atoms with Crippen molar-refractivity contribution in [2.45, 2.75) is 13.8 Å². The summed E-state index contributed by atoms with van der Waals surface area (Å²) in [4.78, 5) is 15.9. The number of carbonyl (C=O) groups excluding carboxylic acids is 1. The molecule has 2 aromatic carbocycles. The summed E-state index contributed by atoms with van der Waals surface area (Å²) in [6.45, 7) is 3.55. The Morgan fingerprint density at radius 1 is 1.12 bits per heavy atom. The van der Waals surface area contributed by atoms with Gasteiger partial charge in [0, 0.05) is 15.7 Å². The summed E-state index contributed by atoms with van der Waals surface area (Å²) in [5.41, 5.74) is 3.39. The van der Waals surface area contributed by atoms with Crippen LogP contribution < -0.4 is 10.6 Å². The Labute approximate surface area is 153 Å². The van der Waals surface area contributed by atoms with Crippen molar-refractivity contribution >= 4 is 44.9 Å². The van der Waals surface area contributed by atoms with E-state index >= 15 is 0 Å². The lowest BCUT2D eigenvalue weighted by atomic mass is 10.1. The molecule has 0 aliphatic heterocycles. The molecule has 0 unspecified atom stereocenters. The zero-order valence-electron chi connectivity index (χ0n) is 13.7. The van der Waals surface area contributed by atoms with Gasteiger partial charge in [0.25, 0.3) is 0 Å². The van der Waals surface area contributed by atoms with Crippen molar-refractivity contribution in [2.75, 3.05) is 10.6 Å². The highest BCUT2D eigenvalue weighted by Crippen LogP contribution is 2.26. The van der Waals surface area contributed by atoms with E-state index in [1.807, 2.05) is 31.2 Å². The van der Waals surface area contributed by atoms with Gasteiger partial charge in [-0.25, -0.2) is 0 Å². The number of nitrogens with one attached hydrogen (secondary N) is 2. The van der Waals surface area contributed by atoms with E-state index in [9.17, 15) is 4.79 Å². The molecular weight excluding hydrogens is 382 g/mol. The van der Waals surface area contributed by atoms with Gasteiger partial charge in [0.15, 0.2) is 11.6 Å². The fourth-order valence-corrected chi connectivity index (χ4v) is 2.81. The van der Waals surface area contributed by atoms with E-state index in [-0.39, 0.29) is 5.78 Å². The minimum absolute atomic E-state index is 0.00216. The number of aromatic nitrogens is 3. The second-order valence-corrected chi connectivity index (χ2v) is 6.39. The van der Waals surface area contributed by atoms with Crippen LogP contribution in [0.5, 0.6) is 0 Å². The van der Waals surface area contributed by atoms with Crippen molar-refractivity contribution in [3.8, 4) is 0 Å². The van der Waals surface area contributed by atoms with Gasteiger partial charge in [-0.05, 0) is 59.6 Å². The predicted molar refractivity (Wildman–Crippen MR) is 102 cm³/mol. The smallest absolute Gasteiger partial charge is 0.249 e. The molecular formula is C18H16BrN5O. The fourth-order valence-electron chi connectivity index (χ4n) is 2.22. The van der Waals surface area contributed by atoms with E-state index in [1.54, 1.807) is 24.4 Å². The van der Waals surface area contributed by atoms with Crippen molar-refractivity contribution in [1.29, 1.82) is 0 Å². The number of carbonyl (C=O) groups is 1. The highest BCUT2D eigenvalue weighted by atomic mass is 79.9. The van der Waals surface area contributed by atoms with Gasteiger partial charge in [0.2, 0.25) is 5.95 Å². The fraction of sp³-hybridized carbons (Fsp3) is 0.111. The van der Waals surface area contributed by atoms with E-state index < -0.39 is 0 Å². The SMILES string of the molecule is CC(=O)c1cccc(Nc2nncc(Nc3ccc(C)cc3Br)n2)c1. The van der Waals surface area contributed by atoms with Gasteiger partial charge < -0.3 is 10.6 Å². The van der Waals surface area contributed by atoms with Gasteiger partial charge in [-0.15, -0.1) is 5.10 Å². The van der Waals surface area contributed by atoms with E-state index in [0.717, 1.165) is 21.4 Å². The number of aryl methyl sites for hydroxylation is 1. The number of rotatable bonds is 5. The molecule has 126 valence electrons. The highest BCUT2D eigenvalue weighted by molar-refractivity contribution is 9.10. The second kappa shape index (κ2) is 7.40. The zero-order valence-corrected chi connectivity index (χ0v) is 15.3. The molecule has 6 nitrogen and oxygen atoms in total. The minimum atomic E-state index is 0.00216. The van der Waals surface area contributed by atoms with E-state index in [1.165, 1.54) is 6.92 Å². The van der Waals surface area contributed by atoms with Gasteiger partial charge in [-0.1, -0.05) is 18.2 Å². The third-order valence-electron chi connectivity index (χ3n) is 3.47. The van der Waals surface area contributed by atoms with E-state index in [0.29, 0.717) is 17.3 Å². The van der Waals surface area contributed by atoms with Crippen LogP contribution in [0.3, 0.4) is 0 Å². The Kier molecular flexibility index (Phi) is 5.04. The molecule has 1 aromatic heterocycles. The van der Waals surface area contributed by atoms with Crippen molar-refractivity contribution < 1.29 is 4.79 Å². The third kappa shape index (κ3) is 4.39. The molecule has 0 fully saturated rings. The first-order chi connectivity index (χ1) is 12.0. The number of hydrogen-bond donors (Lipinski definition) is 2. The Hall–Kier alpha value is -2.80. The lowest BCUT2D eigenvalue weighted by molar-refractivity contribution is 0.101. The summed E-state index contributed by atoms with van der Waals surface area (Å²) in [5.74, 6) is 0.904. The molecule has 0 amide bonds. The largest absolute Gasteiger partial charge is 0.338 e. The normalized spacial score (nSPS) is 10.4. The maximum atomic E-state index is 11.5. The van der Waals surface area contributed by atoms with Crippen molar-refractivity contribution in [1.82, 2.24) is 15.2 Å². The summed E-state index contributed by atoms with van der Waals surface area (Å²) in [5, 5.41) is 14.2. The molecule has 3 rings (SSSR count). The molecule has 0 aliphatic rings. The summed E-state index contributed by atoms with van der Waals surface area (Å²) in [6.07, 6.45) is 1.55. The van der Waals surface area contributed by atoms with Crippen molar-refractivity contribution in [2.24, 2.45) is 0 Å². The number of halogens is 1. The molecule has 0 saturated carbocycles. The molecule has 0 aliphatic carbocycles. The number of hydrogen-bond acceptors (Lipinski definition) is 6. The molecule has 0 atom stereocenters. The minimum Gasteiger partial charge on any atom is -0.338 e. The molecule has 0 bridgehead atoms. The number of Topliss-reactive ketones (excluding diaryl/α,β-unsaturated/α-hetero) is 1. The first-order valence-electron chi connectivity index (χ1n) is 7.62. The molecule has 3 aromatic rings. The average molecular weight is 398 g/mol. The van der Waals surface area contributed by atoms with Gasteiger partial charge >= 0.3 is 0 Å². The average Bonchev–Trinajstić information content (AvgIpc) is 2.58. The highest BCUT2D eigenvalue weighted by Gasteiger charge is 2.06. The van der Waals surface area contributed by atoms with Gasteiger partial charge in [0.1, 0.15) is 0 Å². The predicted octanol–water partition coefficient (Wildman–Crippen LogP) is 4.63. The Bertz CT molecular complexity index is 929. The lowest BCUT2D eigenvalue weighted by Gasteiger charge is -2.10. The summed E-state index contributed by atoms with van der Waals surface area (Å²) >= 11 is 3.52. The third-order valence-corrected chi connectivity index (χ3v) is 4.13. The maximum Gasteiger partial charge on any atom is 0.249 e. The zero-order chi connectivity index (χ0) is 17.8. The standard InChI is InChI=1S/C18H16BrN5O/c1-11-6-7-16(15(19)8-11)22-17-10-20-24-18(23-17)21-14-5-3-4-13(9-14)12(2)25/h3-10H,1-2H3,(H2,21,22,23,24). The monoisotopic (exact) mass is 397 g/mol. The van der Waals surface area contributed by atoms with Crippen LogP contribution in [0, 0.1) is 6.92 Å². The van der Waals surface area contributed by atoms with Gasteiger partial charge in [-0.2, -0.15) is 10.1 Å². The van der Waals surface area contributed by atoms with Gasteiger partial charge in [0.05, 0.1) is 11.9 Å². The Morgan fingerprint density at radius 3 is 2.72 bits per heavy atom. The van der Waals surface area contributed by atoms with Crippen LogP contribution in [0.15, 0.2) is 53.1 Å². The summed E-state index contributed by atoms with van der Waals surface area (Å²) in [6, 6.07) is 13.1. The number of ketones is 1. The topological polar surface area (TPSA) is 79.8 Å². The maximum absolute atomic E-state index is 11.5. The second-order valence-electron chi connectivity index (χ2n) is 5.54. The molecule has 7 heteroatoms. The summed E-state index contributed by atoms with van der Waals surface area (Å²) in [7, 11) is 0. The van der Waals surface area contributed by atoms with Crippen LogP contribution in [0.25, 0.3) is 0 Å². The van der Waals surface area contributed by atoms with Crippen LogP contribution in [0.2, 0.25) is 0 Å². The van der Waals surface area contributed by atoms with Crippen molar-refractivity contribution in [3.63, 3.8) is 0 Å². The van der Waals surface area contributed by atoms with Crippen molar-refractivity contribution in [3.05, 3.63) is 64.3 Å². The van der Waals surface area contributed by atoms with Crippen LogP contribution in [0.1, 0.15) is 22.8 Å². The van der Waals surface area contributed by atoms with E-state index in [2.05, 4.69) is 41.7 Å². The van der Waals surface area contributed by atoms with Crippen LogP contribution >= 0.6 is 15.9 Å². The number of nitrogens with zero attached hydrogens (tertiary/aromatic N) is 3. The number of benzene rings is 2. The Balaban J connectivity index is 1.79. The quantitative estimate of drug-likeness (QED) is 0.610. The molecule has 2 N–H and O–H groups in total.